The molecule has 0 aliphatic carbocycles. The summed E-state index contributed by atoms with van der Waals surface area (Å²) in [7, 11) is -3.95. The molecule has 0 unspecified atom stereocenters. The van der Waals surface area contributed by atoms with Gasteiger partial charge in [-0.3, -0.25) is 9.10 Å². The molecule has 0 radical (unpaired) electrons. The third-order valence-electron chi connectivity index (χ3n) is 5.28. The second-order valence-electron chi connectivity index (χ2n) is 7.99. The van der Waals surface area contributed by atoms with Crippen LogP contribution in [-0.4, -0.2) is 33.2 Å². The van der Waals surface area contributed by atoms with Gasteiger partial charge in [0, 0.05) is 17.3 Å². The number of anilines is 1. The van der Waals surface area contributed by atoms with Crippen molar-refractivity contribution in [1.82, 2.24) is 5.32 Å². The first kappa shape index (κ1) is 26.1. The van der Waals surface area contributed by atoms with Crippen molar-refractivity contribution in [1.29, 1.82) is 0 Å². The largest absolute Gasteiger partial charge is 0.354 e. The fourth-order valence-corrected chi connectivity index (χ4v) is 5.95. The zero-order valence-corrected chi connectivity index (χ0v) is 21.7. The van der Waals surface area contributed by atoms with Crippen molar-refractivity contribution >= 4 is 45.0 Å². The summed E-state index contributed by atoms with van der Waals surface area (Å²) in [4.78, 5) is 12.8. The van der Waals surface area contributed by atoms with Crippen molar-refractivity contribution in [2.45, 2.75) is 30.9 Å². The van der Waals surface area contributed by atoms with Gasteiger partial charge in [0.05, 0.1) is 10.6 Å². The second-order valence-corrected chi connectivity index (χ2v) is 11.4. The van der Waals surface area contributed by atoms with Crippen LogP contribution in [0.5, 0.6) is 0 Å². The van der Waals surface area contributed by atoms with Crippen LogP contribution >= 0.6 is 23.4 Å². The first-order chi connectivity index (χ1) is 16.3. The van der Waals surface area contributed by atoms with Crippen LogP contribution in [0.4, 0.5) is 5.69 Å². The molecule has 5 nitrogen and oxygen atoms in total. The molecule has 0 aromatic heterocycles. The van der Waals surface area contributed by atoms with Crippen LogP contribution < -0.4 is 9.62 Å². The lowest BCUT2D eigenvalue weighted by Crippen LogP contribution is -2.41. The van der Waals surface area contributed by atoms with Crippen molar-refractivity contribution in [3.63, 3.8) is 0 Å². The Morgan fingerprint density at radius 2 is 1.74 bits per heavy atom. The van der Waals surface area contributed by atoms with E-state index in [1.807, 2.05) is 36.9 Å². The van der Waals surface area contributed by atoms with Crippen molar-refractivity contribution in [2.24, 2.45) is 0 Å². The normalized spacial score (nSPS) is 11.3. The zero-order chi connectivity index (χ0) is 24.6. The lowest BCUT2D eigenvalue weighted by molar-refractivity contribution is -0.119. The highest BCUT2D eigenvalue weighted by Crippen LogP contribution is 2.25. The molecule has 8 heteroatoms. The third kappa shape index (κ3) is 7.26. The number of hydrogen-bond acceptors (Lipinski definition) is 4. The standard InChI is InChI=1S/C26H29ClN2O3S2/c1-20-7-5-10-24(17-20)29(34(31,32)25-13-11-23(27)12-14-25)18-26(30)28-15-6-16-33-19-22-9-4-3-8-21(22)2/h3-5,7-14,17H,6,15-16,18-19H2,1-2H3,(H,28,30). The number of hydrogen-bond donors (Lipinski definition) is 1. The van der Waals surface area contributed by atoms with Crippen molar-refractivity contribution in [3.8, 4) is 0 Å². The Bertz CT molecular complexity index is 1210. The number of carbonyl (C=O) groups is 1. The van der Waals surface area contributed by atoms with E-state index < -0.39 is 10.0 Å². The van der Waals surface area contributed by atoms with Gasteiger partial charge in [0.1, 0.15) is 6.54 Å². The number of halogens is 1. The van der Waals surface area contributed by atoms with Crippen LogP contribution in [0, 0.1) is 13.8 Å². The first-order valence-electron chi connectivity index (χ1n) is 11.0. The van der Waals surface area contributed by atoms with Gasteiger partial charge in [-0.05, 0) is 79.1 Å². The number of nitrogens with one attached hydrogen (secondary N) is 1. The van der Waals surface area contributed by atoms with E-state index in [1.165, 1.54) is 35.4 Å². The van der Waals surface area contributed by atoms with Gasteiger partial charge in [0.15, 0.2) is 0 Å². The summed E-state index contributed by atoms with van der Waals surface area (Å²) in [5, 5.41) is 3.30. The van der Waals surface area contributed by atoms with E-state index >= 15 is 0 Å². The Kier molecular flexibility index (Phi) is 9.45. The van der Waals surface area contributed by atoms with Crippen LogP contribution in [0.2, 0.25) is 5.02 Å². The average Bonchev–Trinajstić information content (AvgIpc) is 2.81. The molecule has 0 heterocycles. The Morgan fingerprint density at radius 3 is 2.44 bits per heavy atom. The third-order valence-corrected chi connectivity index (χ3v) is 8.42. The van der Waals surface area contributed by atoms with E-state index in [-0.39, 0.29) is 17.3 Å². The maximum absolute atomic E-state index is 13.4. The Balaban J connectivity index is 1.59. The zero-order valence-electron chi connectivity index (χ0n) is 19.3. The lowest BCUT2D eigenvalue weighted by Gasteiger charge is -2.24. The molecule has 0 aliphatic heterocycles. The fourth-order valence-electron chi connectivity index (χ4n) is 3.37. The van der Waals surface area contributed by atoms with Gasteiger partial charge in [-0.1, -0.05) is 48.0 Å². The maximum Gasteiger partial charge on any atom is 0.264 e. The Morgan fingerprint density at radius 1 is 1.00 bits per heavy atom. The van der Waals surface area contributed by atoms with Crippen molar-refractivity contribution in [3.05, 3.63) is 94.5 Å². The molecule has 0 saturated carbocycles. The number of aryl methyl sites for hydroxylation is 2. The SMILES string of the molecule is Cc1cccc(N(CC(=O)NCCCSCc2ccccc2C)S(=O)(=O)c2ccc(Cl)cc2)c1. The van der Waals surface area contributed by atoms with Gasteiger partial charge in [-0.15, -0.1) is 0 Å². The molecular weight excluding hydrogens is 488 g/mol. The summed E-state index contributed by atoms with van der Waals surface area (Å²) in [5.41, 5.74) is 3.94. The van der Waals surface area contributed by atoms with Crippen LogP contribution in [0.15, 0.2) is 77.7 Å². The molecule has 0 spiro atoms. The average molecular weight is 517 g/mol. The molecule has 0 atom stereocenters. The highest BCUT2D eigenvalue weighted by molar-refractivity contribution is 7.98. The van der Waals surface area contributed by atoms with E-state index in [4.69, 9.17) is 11.6 Å². The quantitative estimate of drug-likeness (QED) is 0.337. The molecule has 0 bridgehead atoms. The minimum Gasteiger partial charge on any atom is -0.354 e. The van der Waals surface area contributed by atoms with Crippen molar-refractivity contribution in [2.75, 3.05) is 23.1 Å². The first-order valence-corrected chi connectivity index (χ1v) is 14.0. The molecule has 0 fully saturated rings. The molecule has 180 valence electrons. The summed E-state index contributed by atoms with van der Waals surface area (Å²) in [6.07, 6.45) is 0.802. The van der Waals surface area contributed by atoms with Crippen LogP contribution in [-0.2, 0) is 20.6 Å². The topological polar surface area (TPSA) is 66.5 Å². The van der Waals surface area contributed by atoms with Gasteiger partial charge in [-0.25, -0.2) is 8.42 Å². The number of rotatable bonds is 11. The highest BCUT2D eigenvalue weighted by Gasteiger charge is 2.27. The van der Waals surface area contributed by atoms with E-state index in [1.54, 1.807) is 18.2 Å². The Hall–Kier alpha value is -2.48. The smallest absolute Gasteiger partial charge is 0.264 e. The van der Waals surface area contributed by atoms with E-state index in [2.05, 4.69) is 24.4 Å². The van der Waals surface area contributed by atoms with Crippen LogP contribution in [0.3, 0.4) is 0 Å². The second kappa shape index (κ2) is 12.3. The fraction of sp³-hybridized carbons (Fsp3) is 0.269. The summed E-state index contributed by atoms with van der Waals surface area (Å²) in [6, 6.07) is 21.4. The molecule has 0 aliphatic rings. The minimum atomic E-state index is -3.95. The number of nitrogens with zero attached hydrogens (tertiary/aromatic N) is 1. The monoisotopic (exact) mass is 516 g/mol. The van der Waals surface area contributed by atoms with Crippen LogP contribution in [0.25, 0.3) is 0 Å². The number of benzene rings is 3. The molecule has 1 N–H and O–H groups in total. The molecular formula is C26H29ClN2O3S2. The van der Waals surface area contributed by atoms with Crippen molar-refractivity contribution < 1.29 is 13.2 Å². The lowest BCUT2D eigenvalue weighted by atomic mass is 10.1. The molecule has 34 heavy (non-hydrogen) atoms. The predicted octanol–water partition coefficient (Wildman–Crippen LogP) is 5.59. The molecule has 1 amide bonds. The number of thioether (sulfide) groups is 1. The Labute approximate surface area is 211 Å². The molecule has 0 saturated heterocycles. The van der Waals surface area contributed by atoms with Gasteiger partial charge in [0.25, 0.3) is 10.0 Å². The summed E-state index contributed by atoms with van der Waals surface area (Å²) < 4.78 is 27.9. The number of amides is 1. The molecule has 3 aromatic carbocycles. The maximum atomic E-state index is 13.4. The molecule has 3 rings (SSSR count). The highest BCUT2D eigenvalue weighted by atomic mass is 35.5. The van der Waals surface area contributed by atoms with E-state index in [9.17, 15) is 13.2 Å². The van der Waals surface area contributed by atoms with Gasteiger partial charge in [-0.2, -0.15) is 11.8 Å². The van der Waals surface area contributed by atoms with Gasteiger partial charge < -0.3 is 5.32 Å². The predicted molar refractivity (Wildman–Crippen MR) is 142 cm³/mol. The summed E-state index contributed by atoms with van der Waals surface area (Å²) >= 11 is 7.74. The number of carbonyl (C=O) groups excluding carboxylic acids is 1. The van der Waals surface area contributed by atoms with E-state index in [0.29, 0.717) is 17.3 Å². The van der Waals surface area contributed by atoms with Crippen LogP contribution in [0.1, 0.15) is 23.1 Å². The summed E-state index contributed by atoms with van der Waals surface area (Å²) in [6.45, 7) is 4.17. The van der Waals surface area contributed by atoms with Gasteiger partial charge >= 0.3 is 0 Å². The summed E-state index contributed by atoms with van der Waals surface area (Å²) in [5.74, 6) is 1.49. The minimum absolute atomic E-state index is 0.0822. The molecule has 3 aromatic rings. The number of sulfonamides is 1. The van der Waals surface area contributed by atoms with Gasteiger partial charge in [0.2, 0.25) is 5.91 Å². The van der Waals surface area contributed by atoms with E-state index in [0.717, 1.165) is 27.8 Å².